The van der Waals surface area contributed by atoms with Crippen molar-refractivity contribution in [1.82, 2.24) is 0 Å². The minimum absolute atomic E-state index is 0.0484. The zero-order valence-corrected chi connectivity index (χ0v) is 11.2. The molecule has 0 heterocycles. The molecule has 0 unspecified atom stereocenters. The molecule has 108 valence electrons. The van der Waals surface area contributed by atoms with Gasteiger partial charge in [-0.3, -0.25) is 9.59 Å². The molecule has 1 aromatic carbocycles. The van der Waals surface area contributed by atoms with Crippen LogP contribution in [0.1, 0.15) is 25.3 Å². The third-order valence-electron chi connectivity index (χ3n) is 3.38. The van der Waals surface area contributed by atoms with Crippen LogP contribution in [0.25, 0.3) is 0 Å². The van der Waals surface area contributed by atoms with Crippen molar-refractivity contribution in [2.75, 3.05) is 6.61 Å². The van der Waals surface area contributed by atoms with Gasteiger partial charge < -0.3 is 4.74 Å². The van der Waals surface area contributed by atoms with Crippen LogP contribution in [0.5, 0.6) is 0 Å². The first-order valence-corrected chi connectivity index (χ1v) is 6.65. The molecule has 3 nitrogen and oxygen atoms in total. The maximum absolute atomic E-state index is 13.0. The van der Waals surface area contributed by atoms with Crippen LogP contribution in [-0.2, 0) is 20.7 Å². The Kier molecular flexibility index (Phi) is 4.47. The number of rotatable bonds is 6. The molecule has 0 spiro atoms. The van der Waals surface area contributed by atoms with Crippen molar-refractivity contribution in [2.45, 2.75) is 26.2 Å². The highest BCUT2D eigenvalue weighted by molar-refractivity contribution is 5.91. The average molecular weight is 282 g/mol. The first-order valence-electron chi connectivity index (χ1n) is 6.65. The van der Waals surface area contributed by atoms with E-state index in [0.717, 1.165) is 6.07 Å². The van der Waals surface area contributed by atoms with Gasteiger partial charge >= 0.3 is 5.97 Å². The second-order valence-electron chi connectivity index (χ2n) is 4.94. The summed E-state index contributed by atoms with van der Waals surface area (Å²) < 4.78 is 30.8. The smallest absolute Gasteiger partial charge is 0.309 e. The van der Waals surface area contributed by atoms with Crippen LogP contribution in [0.15, 0.2) is 18.2 Å². The van der Waals surface area contributed by atoms with Gasteiger partial charge in [-0.15, -0.1) is 0 Å². The van der Waals surface area contributed by atoms with Crippen molar-refractivity contribution in [3.05, 3.63) is 35.4 Å². The number of benzene rings is 1. The molecule has 1 aromatic rings. The molecule has 1 aliphatic carbocycles. The molecule has 0 N–H and O–H groups in total. The Bertz CT molecular complexity index is 508. The van der Waals surface area contributed by atoms with Crippen LogP contribution >= 0.6 is 0 Å². The summed E-state index contributed by atoms with van der Waals surface area (Å²) in [6.07, 6.45) is 0.984. The first kappa shape index (κ1) is 14.6. The summed E-state index contributed by atoms with van der Waals surface area (Å²) in [4.78, 5) is 23.3. The molecule has 20 heavy (non-hydrogen) atoms. The Hall–Kier alpha value is -1.78. The predicted molar refractivity (Wildman–Crippen MR) is 67.9 cm³/mol. The van der Waals surface area contributed by atoms with Gasteiger partial charge in [0.05, 0.1) is 12.5 Å². The highest BCUT2D eigenvalue weighted by Crippen LogP contribution is 2.41. The molecular weight excluding hydrogens is 266 g/mol. The highest BCUT2D eigenvalue weighted by Gasteiger charge is 2.48. The van der Waals surface area contributed by atoms with Gasteiger partial charge in [0.15, 0.2) is 0 Å². The summed E-state index contributed by atoms with van der Waals surface area (Å²) in [6, 6.07) is 3.22. The van der Waals surface area contributed by atoms with E-state index in [1.807, 2.05) is 0 Å². The Morgan fingerprint density at radius 2 is 1.85 bits per heavy atom. The number of esters is 1. The van der Waals surface area contributed by atoms with Crippen molar-refractivity contribution in [2.24, 2.45) is 11.8 Å². The largest absolute Gasteiger partial charge is 0.466 e. The molecule has 0 amide bonds. The number of Topliss-reactive ketones (excluding diaryl/α,β-unsaturated/α-hetero) is 1. The number of halogens is 2. The Labute approximate surface area is 115 Å². The number of carbonyl (C=O) groups is 2. The van der Waals surface area contributed by atoms with E-state index in [-0.39, 0.29) is 36.4 Å². The van der Waals surface area contributed by atoms with Gasteiger partial charge in [0.25, 0.3) is 0 Å². The van der Waals surface area contributed by atoms with Crippen LogP contribution in [-0.4, -0.2) is 18.4 Å². The number of carbonyl (C=O) groups excluding carboxylic acids is 2. The van der Waals surface area contributed by atoms with E-state index in [4.69, 9.17) is 4.74 Å². The number of aryl methyl sites for hydroxylation is 1. The fraction of sp³-hybridized carbons (Fsp3) is 0.467. The van der Waals surface area contributed by atoms with Crippen molar-refractivity contribution in [3.63, 3.8) is 0 Å². The monoisotopic (exact) mass is 282 g/mol. The molecule has 5 heteroatoms. The molecular formula is C15H16F2O3. The summed E-state index contributed by atoms with van der Waals surface area (Å²) in [6.45, 7) is 2.02. The Morgan fingerprint density at radius 1 is 1.20 bits per heavy atom. The topological polar surface area (TPSA) is 43.4 Å². The summed E-state index contributed by atoms with van der Waals surface area (Å²) in [7, 11) is 0. The molecule has 0 aliphatic heterocycles. The maximum atomic E-state index is 13.0. The van der Waals surface area contributed by atoms with Crippen molar-refractivity contribution in [3.8, 4) is 0 Å². The molecule has 0 aromatic heterocycles. The minimum Gasteiger partial charge on any atom is -0.466 e. The molecule has 0 radical (unpaired) electrons. The van der Waals surface area contributed by atoms with E-state index in [2.05, 4.69) is 0 Å². The van der Waals surface area contributed by atoms with Gasteiger partial charge in [0, 0.05) is 18.4 Å². The van der Waals surface area contributed by atoms with Crippen molar-refractivity contribution >= 4 is 11.8 Å². The van der Waals surface area contributed by atoms with Crippen molar-refractivity contribution < 1.29 is 23.1 Å². The third kappa shape index (κ3) is 3.62. The fourth-order valence-corrected chi connectivity index (χ4v) is 2.27. The van der Waals surface area contributed by atoms with Crippen LogP contribution in [0.2, 0.25) is 0 Å². The van der Waals surface area contributed by atoms with Gasteiger partial charge in [0.2, 0.25) is 0 Å². The predicted octanol–water partition coefficient (Wildman–Crippen LogP) is 2.67. The number of ether oxygens (including phenoxy) is 1. The zero-order chi connectivity index (χ0) is 14.7. The van der Waals surface area contributed by atoms with Gasteiger partial charge in [-0.2, -0.15) is 0 Å². The maximum Gasteiger partial charge on any atom is 0.309 e. The highest BCUT2D eigenvalue weighted by atomic mass is 19.1. The second kappa shape index (κ2) is 6.11. The van der Waals surface area contributed by atoms with Crippen LogP contribution in [0, 0.1) is 23.5 Å². The Balaban J connectivity index is 1.83. The fourth-order valence-electron chi connectivity index (χ4n) is 2.27. The lowest BCUT2D eigenvalue weighted by Gasteiger charge is -2.03. The van der Waals surface area contributed by atoms with Crippen LogP contribution in [0.3, 0.4) is 0 Å². The van der Waals surface area contributed by atoms with E-state index < -0.39 is 11.6 Å². The van der Waals surface area contributed by atoms with Gasteiger partial charge in [-0.1, -0.05) is 0 Å². The van der Waals surface area contributed by atoms with Crippen LogP contribution < -0.4 is 0 Å². The lowest BCUT2D eigenvalue weighted by atomic mass is 10.0. The first-order chi connectivity index (χ1) is 9.51. The van der Waals surface area contributed by atoms with E-state index in [1.165, 1.54) is 12.1 Å². The lowest BCUT2D eigenvalue weighted by Crippen LogP contribution is -2.12. The molecule has 0 saturated heterocycles. The zero-order valence-electron chi connectivity index (χ0n) is 11.2. The second-order valence-corrected chi connectivity index (χ2v) is 4.94. The quantitative estimate of drug-likeness (QED) is 0.753. The number of ketones is 1. The van der Waals surface area contributed by atoms with E-state index in [9.17, 15) is 18.4 Å². The number of hydrogen-bond donors (Lipinski definition) is 0. The van der Waals surface area contributed by atoms with Gasteiger partial charge in [-0.05, 0) is 37.5 Å². The molecule has 0 bridgehead atoms. The molecule has 1 saturated carbocycles. The van der Waals surface area contributed by atoms with Gasteiger partial charge in [0.1, 0.15) is 17.4 Å². The average Bonchev–Trinajstić information content (AvgIpc) is 3.15. The van der Waals surface area contributed by atoms with Crippen LogP contribution in [0.4, 0.5) is 8.78 Å². The van der Waals surface area contributed by atoms with Crippen molar-refractivity contribution in [1.29, 1.82) is 0 Å². The molecule has 2 rings (SSSR count). The normalized spacial score (nSPS) is 20.6. The summed E-state index contributed by atoms with van der Waals surface area (Å²) in [5.41, 5.74) is 0.448. The minimum atomic E-state index is -0.650. The standard InChI is InChI=1S/C15H16F2O3/c1-2-20-15(19)13-8-12(13)14(18)4-3-9-5-10(16)7-11(17)6-9/h5-7,12-13H,2-4,8H2,1H3/t12-,13-/m0/s1. The SMILES string of the molecule is CCOC(=O)[C@H]1C[C@@H]1C(=O)CCc1cc(F)cc(F)c1. The summed E-state index contributed by atoms with van der Waals surface area (Å²) in [5, 5.41) is 0. The van der Waals surface area contributed by atoms with E-state index in [0.29, 0.717) is 18.6 Å². The van der Waals surface area contributed by atoms with E-state index in [1.54, 1.807) is 6.92 Å². The third-order valence-corrected chi connectivity index (χ3v) is 3.38. The summed E-state index contributed by atoms with van der Waals surface area (Å²) in [5.74, 6) is -2.29. The Morgan fingerprint density at radius 3 is 2.45 bits per heavy atom. The molecule has 1 aliphatic rings. The van der Waals surface area contributed by atoms with E-state index >= 15 is 0 Å². The number of hydrogen-bond acceptors (Lipinski definition) is 3. The summed E-state index contributed by atoms with van der Waals surface area (Å²) >= 11 is 0. The molecule has 1 fully saturated rings. The van der Waals surface area contributed by atoms with Gasteiger partial charge in [-0.25, -0.2) is 8.78 Å². The lowest BCUT2D eigenvalue weighted by molar-refractivity contribution is -0.145. The molecule has 2 atom stereocenters.